The number of amides is 1. The first-order valence-electron chi connectivity index (χ1n) is 8.07. The second-order valence-corrected chi connectivity index (χ2v) is 6.11. The van der Waals surface area contributed by atoms with E-state index in [1.807, 2.05) is 60.8 Å². The van der Waals surface area contributed by atoms with Crippen molar-refractivity contribution >= 4 is 17.5 Å². The molecule has 0 saturated carbocycles. The van der Waals surface area contributed by atoms with Crippen molar-refractivity contribution in [3.8, 4) is 5.75 Å². The Kier molecular flexibility index (Phi) is 7.09. The van der Waals surface area contributed by atoms with E-state index in [2.05, 4.69) is 5.32 Å². The third-order valence-corrected chi connectivity index (χ3v) is 4.29. The van der Waals surface area contributed by atoms with E-state index in [0.29, 0.717) is 13.1 Å². The van der Waals surface area contributed by atoms with Crippen LogP contribution in [0.25, 0.3) is 0 Å². The predicted molar refractivity (Wildman–Crippen MR) is 96.4 cm³/mol. The zero-order valence-corrected chi connectivity index (χ0v) is 14.8. The normalized spacial score (nSPS) is 11.8. The number of nitrogens with one attached hydrogen (secondary N) is 1. The van der Waals surface area contributed by atoms with E-state index in [1.165, 1.54) is 5.56 Å². The number of methoxy groups -OCH3 is 1. The Morgan fingerprint density at radius 1 is 1.21 bits per heavy atom. The van der Waals surface area contributed by atoms with E-state index < -0.39 is 0 Å². The lowest BCUT2D eigenvalue weighted by molar-refractivity contribution is -0.682. The van der Waals surface area contributed by atoms with E-state index in [4.69, 9.17) is 16.3 Å². The standard InChI is InChI=1S/C19H23ClN2O2/c1-14(17-5-3-4-6-18(17)20)22-13-19(23)21-12-11-15-7-9-16(24-2)10-8-15/h3-10,14,22H,11-13H2,1-2H3,(H,21,23)/p+1/t14-/m1/s1. The quantitative estimate of drug-likeness (QED) is 0.770. The third kappa shape index (κ3) is 5.55. The van der Waals surface area contributed by atoms with Gasteiger partial charge in [-0.25, -0.2) is 0 Å². The molecule has 2 aromatic rings. The Morgan fingerprint density at radius 3 is 2.58 bits per heavy atom. The van der Waals surface area contributed by atoms with Crippen LogP contribution in [0.3, 0.4) is 0 Å². The number of nitrogens with two attached hydrogens (primary N) is 1. The number of halogens is 1. The maximum Gasteiger partial charge on any atom is 0.275 e. The summed E-state index contributed by atoms with van der Waals surface area (Å²) in [5.74, 6) is 0.869. The van der Waals surface area contributed by atoms with E-state index in [9.17, 15) is 4.79 Å². The van der Waals surface area contributed by atoms with Gasteiger partial charge in [-0.1, -0.05) is 41.9 Å². The minimum atomic E-state index is 0.0300. The summed E-state index contributed by atoms with van der Waals surface area (Å²) in [7, 11) is 1.65. The Morgan fingerprint density at radius 2 is 1.92 bits per heavy atom. The lowest BCUT2D eigenvalue weighted by atomic mass is 10.1. The summed E-state index contributed by atoms with van der Waals surface area (Å²) in [6.45, 7) is 3.06. The zero-order chi connectivity index (χ0) is 17.4. The number of benzene rings is 2. The van der Waals surface area contributed by atoms with Crippen molar-refractivity contribution in [2.75, 3.05) is 20.2 Å². The van der Waals surface area contributed by atoms with E-state index in [0.717, 1.165) is 22.8 Å². The van der Waals surface area contributed by atoms with Gasteiger partial charge < -0.3 is 15.4 Å². The van der Waals surface area contributed by atoms with Gasteiger partial charge in [-0.15, -0.1) is 0 Å². The highest BCUT2D eigenvalue weighted by atomic mass is 35.5. The van der Waals surface area contributed by atoms with E-state index in [1.54, 1.807) is 7.11 Å². The van der Waals surface area contributed by atoms with Crippen LogP contribution in [0.15, 0.2) is 48.5 Å². The van der Waals surface area contributed by atoms with Crippen molar-refractivity contribution in [3.05, 3.63) is 64.7 Å². The monoisotopic (exact) mass is 347 g/mol. The van der Waals surface area contributed by atoms with Crippen molar-refractivity contribution < 1.29 is 14.8 Å². The summed E-state index contributed by atoms with van der Waals surface area (Å²) in [6.07, 6.45) is 0.801. The highest BCUT2D eigenvalue weighted by Crippen LogP contribution is 2.19. The number of quaternary nitrogens is 1. The van der Waals surface area contributed by atoms with Crippen LogP contribution in [0.2, 0.25) is 5.02 Å². The zero-order valence-electron chi connectivity index (χ0n) is 14.1. The average molecular weight is 348 g/mol. The summed E-state index contributed by atoms with van der Waals surface area (Å²) in [4.78, 5) is 12.0. The minimum absolute atomic E-state index is 0.0300. The van der Waals surface area contributed by atoms with Gasteiger partial charge in [0.25, 0.3) is 5.91 Å². The second kappa shape index (κ2) is 9.30. The fourth-order valence-corrected chi connectivity index (χ4v) is 2.77. The topological polar surface area (TPSA) is 54.9 Å². The molecule has 1 amide bonds. The number of ether oxygens (including phenoxy) is 1. The van der Waals surface area contributed by atoms with Gasteiger partial charge in [0.2, 0.25) is 0 Å². The molecule has 0 saturated heterocycles. The maximum absolute atomic E-state index is 12.0. The summed E-state index contributed by atoms with van der Waals surface area (Å²) in [6, 6.07) is 15.7. The van der Waals surface area contributed by atoms with Crippen LogP contribution in [0.5, 0.6) is 5.75 Å². The van der Waals surface area contributed by atoms with E-state index >= 15 is 0 Å². The van der Waals surface area contributed by atoms with Gasteiger partial charge in [0.15, 0.2) is 6.54 Å². The first-order chi connectivity index (χ1) is 11.6. The van der Waals surface area contributed by atoms with Gasteiger partial charge in [-0.2, -0.15) is 0 Å². The molecule has 0 spiro atoms. The van der Waals surface area contributed by atoms with Gasteiger partial charge in [0.05, 0.1) is 7.11 Å². The van der Waals surface area contributed by atoms with Crippen LogP contribution in [0, 0.1) is 0 Å². The van der Waals surface area contributed by atoms with Crippen molar-refractivity contribution in [1.82, 2.24) is 5.32 Å². The molecule has 2 aromatic carbocycles. The van der Waals surface area contributed by atoms with Crippen LogP contribution < -0.4 is 15.4 Å². The van der Waals surface area contributed by atoms with Crippen molar-refractivity contribution in [3.63, 3.8) is 0 Å². The first-order valence-corrected chi connectivity index (χ1v) is 8.45. The Bertz CT molecular complexity index is 659. The molecule has 1 atom stereocenters. The molecule has 5 heteroatoms. The molecule has 0 aliphatic rings. The molecule has 4 nitrogen and oxygen atoms in total. The van der Waals surface area contributed by atoms with Crippen LogP contribution in [-0.4, -0.2) is 26.1 Å². The van der Waals surface area contributed by atoms with Gasteiger partial charge in [-0.05, 0) is 37.1 Å². The van der Waals surface area contributed by atoms with Crippen LogP contribution in [0.1, 0.15) is 24.1 Å². The smallest absolute Gasteiger partial charge is 0.275 e. The summed E-state index contributed by atoms with van der Waals surface area (Å²) < 4.78 is 5.13. The van der Waals surface area contributed by atoms with Crippen LogP contribution in [0.4, 0.5) is 0 Å². The number of hydrogen-bond donors (Lipinski definition) is 2. The predicted octanol–water partition coefficient (Wildman–Crippen LogP) is 2.33. The third-order valence-electron chi connectivity index (χ3n) is 3.95. The Labute approximate surface area is 148 Å². The van der Waals surface area contributed by atoms with Crippen molar-refractivity contribution in [1.29, 1.82) is 0 Å². The highest BCUT2D eigenvalue weighted by molar-refractivity contribution is 6.31. The van der Waals surface area contributed by atoms with Crippen LogP contribution >= 0.6 is 11.6 Å². The molecule has 0 aliphatic carbocycles. The number of hydrogen-bond acceptors (Lipinski definition) is 2. The average Bonchev–Trinajstić information content (AvgIpc) is 2.60. The molecule has 24 heavy (non-hydrogen) atoms. The molecule has 3 N–H and O–H groups in total. The molecule has 0 heterocycles. The molecule has 0 bridgehead atoms. The number of carbonyl (C=O) groups is 1. The highest BCUT2D eigenvalue weighted by Gasteiger charge is 2.13. The van der Waals surface area contributed by atoms with Gasteiger partial charge in [0.1, 0.15) is 11.8 Å². The summed E-state index contributed by atoms with van der Waals surface area (Å²) in [5, 5.41) is 5.67. The molecule has 0 aromatic heterocycles. The molecular formula is C19H24ClN2O2+. The molecule has 2 rings (SSSR count). The van der Waals surface area contributed by atoms with Crippen molar-refractivity contribution in [2.45, 2.75) is 19.4 Å². The molecular weight excluding hydrogens is 324 g/mol. The lowest BCUT2D eigenvalue weighted by Crippen LogP contribution is -2.87. The molecule has 128 valence electrons. The molecule has 0 radical (unpaired) electrons. The van der Waals surface area contributed by atoms with E-state index in [-0.39, 0.29) is 11.9 Å². The largest absolute Gasteiger partial charge is 0.497 e. The molecule has 0 fully saturated rings. The second-order valence-electron chi connectivity index (χ2n) is 5.70. The summed E-state index contributed by atoms with van der Waals surface area (Å²) >= 11 is 6.18. The maximum atomic E-state index is 12.0. The fourth-order valence-electron chi connectivity index (χ4n) is 2.47. The fraction of sp³-hybridized carbons (Fsp3) is 0.316. The molecule has 0 aliphatic heterocycles. The van der Waals surface area contributed by atoms with Gasteiger partial charge in [0, 0.05) is 17.1 Å². The first kappa shape index (κ1) is 18.3. The van der Waals surface area contributed by atoms with Gasteiger partial charge in [-0.3, -0.25) is 4.79 Å². The van der Waals surface area contributed by atoms with Gasteiger partial charge >= 0.3 is 0 Å². The van der Waals surface area contributed by atoms with Crippen LogP contribution in [-0.2, 0) is 11.2 Å². The van der Waals surface area contributed by atoms with Crippen molar-refractivity contribution in [2.24, 2.45) is 0 Å². The Hall–Kier alpha value is -2.04. The lowest BCUT2D eigenvalue weighted by Gasteiger charge is -2.12. The molecule has 0 unspecified atom stereocenters. The number of rotatable bonds is 8. The SMILES string of the molecule is COc1ccc(CCNC(=O)C[NH2+][C@H](C)c2ccccc2Cl)cc1. The number of carbonyl (C=O) groups excluding carboxylic acids is 1. The summed E-state index contributed by atoms with van der Waals surface area (Å²) in [5.41, 5.74) is 2.22. The Balaban J connectivity index is 1.70. The minimum Gasteiger partial charge on any atom is -0.497 e.